The highest BCUT2D eigenvalue weighted by Crippen LogP contribution is 2.40. The molecule has 10 heteroatoms. The Hall–Kier alpha value is -4.73. The second-order valence-corrected chi connectivity index (χ2v) is 11.7. The first kappa shape index (κ1) is 27.8. The Morgan fingerprint density at radius 2 is 1.59 bits per heavy atom. The zero-order valence-electron chi connectivity index (χ0n) is 23.4. The van der Waals surface area contributed by atoms with Crippen LogP contribution >= 0.6 is 0 Å². The lowest BCUT2D eigenvalue weighted by Gasteiger charge is -2.35. The Kier molecular flexibility index (Phi) is 7.74. The lowest BCUT2D eigenvalue weighted by molar-refractivity contribution is -0.145. The van der Waals surface area contributed by atoms with E-state index >= 15 is 0 Å². The van der Waals surface area contributed by atoms with Gasteiger partial charge in [-0.1, -0.05) is 81.4 Å². The third-order valence-electron chi connectivity index (χ3n) is 7.37. The summed E-state index contributed by atoms with van der Waals surface area (Å²) in [6.07, 6.45) is 1.05. The van der Waals surface area contributed by atoms with E-state index in [0.29, 0.717) is 29.6 Å². The first-order valence-corrected chi connectivity index (χ1v) is 13.7. The molecule has 1 saturated heterocycles. The first-order valence-electron chi connectivity index (χ1n) is 13.7. The van der Waals surface area contributed by atoms with Crippen molar-refractivity contribution >= 4 is 34.6 Å². The molecule has 3 aromatic carbocycles. The van der Waals surface area contributed by atoms with Gasteiger partial charge in [-0.25, -0.2) is 9.80 Å². The largest absolute Gasteiger partial charge is 0.351 e. The highest BCUT2D eigenvalue weighted by Gasteiger charge is 2.43. The Labute approximate surface area is 238 Å². The minimum Gasteiger partial charge on any atom is -0.351 e. The van der Waals surface area contributed by atoms with E-state index in [9.17, 15) is 14.4 Å². The van der Waals surface area contributed by atoms with E-state index in [1.54, 1.807) is 18.2 Å². The molecule has 10 nitrogen and oxygen atoms in total. The molecule has 4 aromatic rings. The van der Waals surface area contributed by atoms with Crippen LogP contribution in [0.3, 0.4) is 0 Å². The molecule has 2 heterocycles. The van der Waals surface area contributed by atoms with Gasteiger partial charge in [0, 0.05) is 12.1 Å². The van der Waals surface area contributed by atoms with Gasteiger partial charge in [0.1, 0.15) is 17.1 Å². The van der Waals surface area contributed by atoms with Crippen LogP contribution in [-0.2, 0) is 9.59 Å². The van der Waals surface area contributed by atoms with Crippen LogP contribution in [0.4, 0.5) is 10.5 Å². The first-order chi connectivity index (χ1) is 19.6. The van der Waals surface area contributed by atoms with Crippen LogP contribution in [0.25, 0.3) is 11.0 Å². The molecule has 5 rings (SSSR count). The standard InChI is InChI=1S/C31H35N7O3/c1-31(2,3)19-28(39)35-38-26(21-12-8-5-9-13-21)16-22(20-10-6-4-7-11-20)17-27(29(38)40)37(30(32)41)23-14-15-24-25(18-23)34-36-33-24/h4-15,18,22,26-27H,16-17,19H2,1-3H3,(H2,32,41)(H,35,39)(H,33,34,36). The number of amides is 4. The van der Waals surface area contributed by atoms with E-state index in [4.69, 9.17) is 5.73 Å². The monoisotopic (exact) mass is 553 g/mol. The Balaban J connectivity index is 1.63. The van der Waals surface area contributed by atoms with Crippen LogP contribution in [0.5, 0.6) is 0 Å². The number of nitrogens with one attached hydrogen (secondary N) is 2. The number of rotatable bonds is 6. The normalized spacial score (nSPS) is 19.5. The molecule has 1 fully saturated rings. The number of nitrogens with two attached hydrogens (primary N) is 1. The van der Waals surface area contributed by atoms with Crippen molar-refractivity contribution in [3.8, 4) is 0 Å². The molecule has 212 valence electrons. The number of hydrogen-bond acceptors (Lipinski definition) is 5. The number of primary amides is 1. The van der Waals surface area contributed by atoms with Crippen molar-refractivity contribution in [3.63, 3.8) is 0 Å². The van der Waals surface area contributed by atoms with Crippen LogP contribution in [0, 0.1) is 5.41 Å². The maximum Gasteiger partial charge on any atom is 0.320 e. The summed E-state index contributed by atoms with van der Waals surface area (Å²) < 4.78 is 0. The number of anilines is 1. The number of fused-ring (bicyclic) bond motifs is 1. The number of H-pyrrole nitrogens is 1. The molecule has 3 atom stereocenters. The second kappa shape index (κ2) is 11.4. The van der Waals surface area contributed by atoms with Crippen LogP contribution < -0.4 is 16.1 Å². The van der Waals surface area contributed by atoms with E-state index < -0.39 is 24.0 Å². The highest BCUT2D eigenvalue weighted by atomic mass is 16.2. The molecule has 4 N–H and O–H groups in total. The van der Waals surface area contributed by atoms with Crippen molar-refractivity contribution in [2.45, 2.75) is 58.0 Å². The van der Waals surface area contributed by atoms with Crippen LogP contribution in [-0.4, -0.2) is 44.3 Å². The molecule has 41 heavy (non-hydrogen) atoms. The van der Waals surface area contributed by atoms with Gasteiger partial charge in [0.15, 0.2) is 0 Å². The zero-order chi connectivity index (χ0) is 29.1. The van der Waals surface area contributed by atoms with Gasteiger partial charge in [-0.2, -0.15) is 15.4 Å². The van der Waals surface area contributed by atoms with Crippen molar-refractivity contribution in [1.29, 1.82) is 0 Å². The Morgan fingerprint density at radius 3 is 2.22 bits per heavy atom. The maximum absolute atomic E-state index is 14.6. The fourth-order valence-electron chi connectivity index (χ4n) is 5.56. The molecule has 0 spiro atoms. The third kappa shape index (κ3) is 6.21. The number of nitrogens with zero attached hydrogens (tertiary/aromatic N) is 4. The van der Waals surface area contributed by atoms with Crippen LogP contribution in [0.1, 0.15) is 63.1 Å². The number of carbonyl (C=O) groups is 3. The molecule has 3 unspecified atom stereocenters. The summed E-state index contributed by atoms with van der Waals surface area (Å²) in [7, 11) is 0. The molecule has 0 aliphatic carbocycles. The molecule has 1 aliphatic heterocycles. The minimum atomic E-state index is -0.995. The molecule has 4 amide bonds. The van der Waals surface area contributed by atoms with Gasteiger partial charge in [0.2, 0.25) is 5.91 Å². The maximum atomic E-state index is 14.6. The Bertz CT molecular complexity index is 1530. The summed E-state index contributed by atoms with van der Waals surface area (Å²) in [5.41, 5.74) is 12.1. The van der Waals surface area contributed by atoms with E-state index in [-0.39, 0.29) is 23.7 Å². The van der Waals surface area contributed by atoms with E-state index in [2.05, 4.69) is 20.8 Å². The number of hydrogen-bond donors (Lipinski definition) is 3. The average molecular weight is 554 g/mol. The number of aromatic amines is 1. The van der Waals surface area contributed by atoms with Crippen molar-refractivity contribution in [2.75, 3.05) is 4.90 Å². The molecule has 0 saturated carbocycles. The van der Waals surface area contributed by atoms with Crippen molar-refractivity contribution in [1.82, 2.24) is 25.8 Å². The topological polar surface area (TPSA) is 137 Å². The van der Waals surface area contributed by atoms with Gasteiger partial charge in [0.05, 0.1) is 6.04 Å². The number of urea groups is 1. The van der Waals surface area contributed by atoms with Gasteiger partial charge in [-0.05, 0) is 53.5 Å². The van der Waals surface area contributed by atoms with E-state index in [1.165, 1.54) is 9.91 Å². The zero-order valence-corrected chi connectivity index (χ0v) is 23.4. The summed E-state index contributed by atoms with van der Waals surface area (Å²) >= 11 is 0. The van der Waals surface area contributed by atoms with Crippen LogP contribution in [0.2, 0.25) is 0 Å². The second-order valence-electron chi connectivity index (χ2n) is 11.7. The minimum absolute atomic E-state index is 0.127. The number of aromatic nitrogens is 3. The summed E-state index contributed by atoms with van der Waals surface area (Å²) in [4.78, 5) is 42.2. The van der Waals surface area contributed by atoms with Crippen molar-refractivity contribution < 1.29 is 14.4 Å². The summed E-state index contributed by atoms with van der Waals surface area (Å²) in [6, 6.07) is 22.4. The smallest absolute Gasteiger partial charge is 0.320 e. The van der Waals surface area contributed by atoms with E-state index in [1.807, 2.05) is 81.4 Å². The lowest BCUT2D eigenvalue weighted by Crippen LogP contribution is -2.57. The van der Waals surface area contributed by atoms with Gasteiger partial charge in [0.25, 0.3) is 5.91 Å². The molecule has 0 bridgehead atoms. The quantitative estimate of drug-likeness (QED) is 0.314. The van der Waals surface area contributed by atoms with Gasteiger partial charge in [-0.15, -0.1) is 0 Å². The third-order valence-corrected chi connectivity index (χ3v) is 7.37. The number of benzene rings is 3. The van der Waals surface area contributed by atoms with Gasteiger partial charge >= 0.3 is 6.03 Å². The molecule has 0 radical (unpaired) electrons. The summed E-state index contributed by atoms with van der Waals surface area (Å²) in [5, 5.41) is 12.2. The fraction of sp³-hybridized carbons (Fsp3) is 0.323. The van der Waals surface area contributed by atoms with E-state index in [0.717, 1.165) is 11.1 Å². The summed E-state index contributed by atoms with van der Waals surface area (Å²) in [6.45, 7) is 5.90. The molecule has 1 aliphatic rings. The Morgan fingerprint density at radius 1 is 0.951 bits per heavy atom. The van der Waals surface area contributed by atoms with Crippen LogP contribution in [0.15, 0.2) is 78.9 Å². The van der Waals surface area contributed by atoms with Crippen molar-refractivity contribution in [3.05, 3.63) is 90.0 Å². The predicted octanol–water partition coefficient (Wildman–Crippen LogP) is 4.83. The molecular weight excluding hydrogens is 518 g/mol. The fourth-order valence-corrected chi connectivity index (χ4v) is 5.56. The molecule has 1 aromatic heterocycles. The number of hydrazine groups is 1. The number of carbonyl (C=O) groups excluding carboxylic acids is 3. The summed E-state index contributed by atoms with van der Waals surface area (Å²) in [5.74, 6) is -0.825. The SMILES string of the molecule is CC(C)(C)CC(=O)NN1C(=O)C(N(C(N)=O)c2ccc3n[nH]nc3c2)CC(c2ccccc2)CC1c1ccccc1. The van der Waals surface area contributed by atoms with Gasteiger partial charge < -0.3 is 5.73 Å². The predicted molar refractivity (Wildman–Crippen MR) is 156 cm³/mol. The van der Waals surface area contributed by atoms with Gasteiger partial charge in [-0.3, -0.25) is 19.9 Å². The van der Waals surface area contributed by atoms with Crippen molar-refractivity contribution in [2.24, 2.45) is 11.1 Å². The highest BCUT2D eigenvalue weighted by molar-refractivity contribution is 6.01. The molecular formula is C31H35N7O3. The average Bonchev–Trinajstić information content (AvgIpc) is 3.36. The lowest BCUT2D eigenvalue weighted by atomic mass is 9.86.